The van der Waals surface area contributed by atoms with E-state index in [4.69, 9.17) is 0 Å². The minimum absolute atomic E-state index is 0.948. The summed E-state index contributed by atoms with van der Waals surface area (Å²) in [5.41, 5.74) is 5.22. The lowest BCUT2D eigenvalue weighted by Gasteiger charge is -2.05. The van der Waals surface area contributed by atoms with Gasteiger partial charge in [-0.2, -0.15) is 0 Å². The first-order valence-corrected chi connectivity index (χ1v) is 5.49. The van der Waals surface area contributed by atoms with E-state index >= 15 is 0 Å². The van der Waals surface area contributed by atoms with E-state index in [1.54, 1.807) is 6.20 Å². The van der Waals surface area contributed by atoms with Crippen LogP contribution in [0.3, 0.4) is 0 Å². The van der Waals surface area contributed by atoms with E-state index in [2.05, 4.69) is 15.3 Å². The number of aromatic nitrogens is 4. The molecule has 4 heteroatoms. The van der Waals surface area contributed by atoms with E-state index in [-0.39, 0.29) is 0 Å². The lowest BCUT2D eigenvalue weighted by atomic mass is 10.2. The quantitative estimate of drug-likeness (QED) is 0.637. The molecule has 0 aliphatic heterocycles. The van der Waals surface area contributed by atoms with Crippen molar-refractivity contribution >= 4 is 11.0 Å². The first kappa shape index (κ1) is 9.96. The van der Waals surface area contributed by atoms with Gasteiger partial charge in [-0.15, -0.1) is 5.10 Å². The van der Waals surface area contributed by atoms with Crippen molar-refractivity contribution < 1.29 is 0 Å². The summed E-state index contributed by atoms with van der Waals surface area (Å²) < 4.78 is 1.86. The van der Waals surface area contributed by atoms with Crippen LogP contribution in [0.2, 0.25) is 0 Å². The van der Waals surface area contributed by atoms with Gasteiger partial charge in [-0.1, -0.05) is 17.3 Å². The number of nitrogens with zero attached hydrogens (tertiary/aromatic N) is 4. The fourth-order valence-corrected chi connectivity index (χ4v) is 1.96. The Kier molecular flexibility index (Phi) is 2.14. The van der Waals surface area contributed by atoms with Crippen LogP contribution < -0.4 is 0 Å². The molecule has 17 heavy (non-hydrogen) atoms. The van der Waals surface area contributed by atoms with Crippen LogP contribution in [0.1, 0.15) is 11.1 Å². The summed E-state index contributed by atoms with van der Waals surface area (Å²) in [6.07, 6.45) is 3.60. The van der Waals surface area contributed by atoms with Crippen molar-refractivity contribution in [3.63, 3.8) is 0 Å². The number of hydrogen-bond acceptors (Lipinski definition) is 3. The Hall–Kier alpha value is -2.23. The zero-order chi connectivity index (χ0) is 11.8. The molecule has 0 fully saturated rings. The van der Waals surface area contributed by atoms with Gasteiger partial charge in [0.25, 0.3) is 0 Å². The Morgan fingerprint density at radius 1 is 1.06 bits per heavy atom. The van der Waals surface area contributed by atoms with E-state index < -0.39 is 0 Å². The maximum Gasteiger partial charge on any atom is 0.116 e. The topological polar surface area (TPSA) is 43.6 Å². The normalized spacial score (nSPS) is 10.9. The zero-order valence-electron chi connectivity index (χ0n) is 9.75. The summed E-state index contributed by atoms with van der Waals surface area (Å²) >= 11 is 0. The third-order valence-corrected chi connectivity index (χ3v) is 2.90. The summed E-state index contributed by atoms with van der Waals surface area (Å²) in [4.78, 5) is 4.09. The van der Waals surface area contributed by atoms with Crippen LogP contribution in [0.15, 0.2) is 36.7 Å². The first-order valence-electron chi connectivity index (χ1n) is 5.49. The highest BCUT2D eigenvalue weighted by atomic mass is 15.4. The van der Waals surface area contributed by atoms with Gasteiger partial charge in [0, 0.05) is 12.4 Å². The van der Waals surface area contributed by atoms with E-state index in [0.29, 0.717) is 0 Å². The Morgan fingerprint density at radius 2 is 1.94 bits per heavy atom. The van der Waals surface area contributed by atoms with Crippen LogP contribution >= 0.6 is 0 Å². The van der Waals surface area contributed by atoms with E-state index in [1.165, 1.54) is 0 Å². The molecule has 0 spiro atoms. The molecule has 0 unspecified atom stereocenters. The number of hydrogen-bond donors (Lipinski definition) is 0. The maximum atomic E-state index is 4.23. The van der Waals surface area contributed by atoms with E-state index in [9.17, 15) is 0 Å². The van der Waals surface area contributed by atoms with Crippen molar-refractivity contribution in [2.45, 2.75) is 13.8 Å². The van der Waals surface area contributed by atoms with Crippen molar-refractivity contribution in [1.82, 2.24) is 20.0 Å². The van der Waals surface area contributed by atoms with Gasteiger partial charge in [0.05, 0.1) is 11.2 Å². The maximum absolute atomic E-state index is 4.23. The van der Waals surface area contributed by atoms with Gasteiger partial charge in [0.15, 0.2) is 0 Å². The monoisotopic (exact) mass is 224 g/mol. The highest BCUT2D eigenvalue weighted by Crippen LogP contribution is 2.20. The number of benzene rings is 1. The molecule has 4 nitrogen and oxygen atoms in total. The molecule has 2 aromatic heterocycles. The van der Waals surface area contributed by atoms with Gasteiger partial charge >= 0.3 is 0 Å². The first-order chi connectivity index (χ1) is 8.27. The number of rotatable bonds is 1. The molecular formula is C13H12N4. The molecule has 0 saturated heterocycles. The fraction of sp³-hybridized carbons (Fsp3) is 0.154. The molecule has 0 amide bonds. The van der Waals surface area contributed by atoms with Crippen molar-refractivity contribution in [1.29, 1.82) is 0 Å². The van der Waals surface area contributed by atoms with E-state index in [0.717, 1.165) is 27.8 Å². The van der Waals surface area contributed by atoms with Crippen molar-refractivity contribution in [3.05, 3.63) is 47.8 Å². The van der Waals surface area contributed by atoms with Gasteiger partial charge in [-0.05, 0) is 37.1 Å². The Balaban J connectivity index is 2.33. The molecule has 0 atom stereocenters. The van der Waals surface area contributed by atoms with Crippen molar-refractivity contribution in [2.24, 2.45) is 0 Å². The molecule has 0 aliphatic rings. The van der Waals surface area contributed by atoms with Gasteiger partial charge in [0.1, 0.15) is 5.52 Å². The largest absolute Gasteiger partial charge is 0.264 e. The molecule has 0 bridgehead atoms. The molecule has 0 aliphatic carbocycles. The summed E-state index contributed by atoms with van der Waals surface area (Å²) in [5.74, 6) is 0. The zero-order valence-corrected chi connectivity index (χ0v) is 9.75. The third-order valence-electron chi connectivity index (χ3n) is 2.90. The van der Waals surface area contributed by atoms with Gasteiger partial charge in [0.2, 0.25) is 0 Å². The summed E-state index contributed by atoms with van der Waals surface area (Å²) in [6.45, 7) is 4.06. The summed E-state index contributed by atoms with van der Waals surface area (Å²) in [7, 11) is 0. The number of pyridine rings is 1. The van der Waals surface area contributed by atoms with Gasteiger partial charge in [-0.25, -0.2) is 4.68 Å². The molecular weight excluding hydrogens is 212 g/mol. The molecule has 0 radical (unpaired) electrons. The van der Waals surface area contributed by atoms with Crippen LogP contribution in [0.5, 0.6) is 0 Å². The summed E-state index contributed by atoms with van der Waals surface area (Å²) in [6, 6.07) is 8.04. The highest BCUT2D eigenvalue weighted by Gasteiger charge is 2.09. The van der Waals surface area contributed by atoms with Gasteiger partial charge in [-0.3, -0.25) is 4.98 Å². The van der Waals surface area contributed by atoms with Crippen LogP contribution in [0.25, 0.3) is 16.7 Å². The molecule has 0 saturated carbocycles. The smallest absolute Gasteiger partial charge is 0.116 e. The predicted molar refractivity (Wildman–Crippen MR) is 66.1 cm³/mol. The molecule has 3 aromatic rings. The lowest BCUT2D eigenvalue weighted by Crippen LogP contribution is -1.99. The molecule has 3 rings (SSSR count). The average Bonchev–Trinajstić information content (AvgIpc) is 2.75. The second-order valence-electron chi connectivity index (χ2n) is 4.11. The Bertz CT molecular complexity index is 685. The van der Waals surface area contributed by atoms with Gasteiger partial charge < -0.3 is 0 Å². The fourth-order valence-electron chi connectivity index (χ4n) is 1.96. The van der Waals surface area contributed by atoms with Crippen molar-refractivity contribution in [3.8, 4) is 5.69 Å². The molecule has 84 valence electrons. The standard InChI is InChI=1S/C13H12N4/c1-9-4-3-5-12-13(9)15-16-17(12)11-6-7-14-8-10(11)2/h3-8H,1-2H3. The Labute approximate surface area is 98.9 Å². The predicted octanol–water partition coefficient (Wildman–Crippen LogP) is 2.43. The van der Waals surface area contributed by atoms with Crippen molar-refractivity contribution in [2.75, 3.05) is 0 Å². The van der Waals surface area contributed by atoms with Crippen LogP contribution in [0.4, 0.5) is 0 Å². The summed E-state index contributed by atoms with van der Waals surface area (Å²) in [5, 5.41) is 8.45. The third kappa shape index (κ3) is 1.49. The van der Waals surface area contributed by atoms with Crippen LogP contribution in [0, 0.1) is 13.8 Å². The second-order valence-corrected chi connectivity index (χ2v) is 4.11. The SMILES string of the molecule is Cc1cnccc1-n1nnc2c(C)cccc21. The van der Waals surface area contributed by atoms with Crippen LogP contribution in [-0.2, 0) is 0 Å². The molecule has 1 aromatic carbocycles. The number of fused-ring (bicyclic) bond motifs is 1. The van der Waals surface area contributed by atoms with E-state index in [1.807, 2.05) is 49.0 Å². The minimum Gasteiger partial charge on any atom is -0.264 e. The Morgan fingerprint density at radius 3 is 2.76 bits per heavy atom. The average molecular weight is 224 g/mol. The highest BCUT2D eigenvalue weighted by molar-refractivity contribution is 5.79. The minimum atomic E-state index is 0.948. The molecule has 2 heterocycles. The lowest BCUT2D eigenvalue weighted by molar-refractivity contribution is 0.816. The van der Waals surface area contributed by atoms with Crippen LogP contribution in [-0.4, -0.2) is 20.0 Å². The molecule has 0 N–H and O–H groups in total. The number of aryl methyl sites for hydroxylation is 2. The second kappa shape index (κ2) is 3.66.